The molecule has 162 valence electrons. The molecule has 1 aromatic carbocycles. The van der Waals surface area contributed by atoms with Crippen molar-refractivity contribution in [3.05, 3.63) is 51.7 Å². The lowest BCUT2D eigenvalue weighted by atomic mass is 10.1. The Labute approximate surface area is 177 Å². The monoisotopic (exact) mass is 412 g/mol. The molecule has 1 saturated heterocycles. The molecule has 3 heterocycles. The van der Waals surface area contributed by atoms with Crippen LogP contribution in [0.1, 0.15) is 36.2 Å². The number of hydrogen-bond donors (Lipinski definition) is 1. The molecule has 1 aromatic heterocycles. The van der Waals surface area contributed by atoms with Crippen molar-refractivity contribution in [2.75, 3.05) is 33.2 Å². The number of rotatable bonds is 6. The van der Waals surface area contributed by atoms with E-state index in [-0.39, 0.29) is 18.1 Å². The first kappa shape index (κ1) is 20.8. The van der Waals surface area contributed by atoms with Gasteiger partial charge < -0.3 is 10.2 Å². The van der Waals surface area contributed by atoms with Gasteiger partial charge in [0.2, 0.25) is 5.91 Å². The van der Waals surface area contributed by atoms with Crippen molar-refractivity contribution in [2.24, 2.45) is 0 Å². The number of nitrogens with one attached hydrogen (secondary N) is 1. The molecular formula is C22H32N6O2. The van der Waals surface area contributed by atoms with Crippen LogP contribution in [0.5, 0.6) is 0 Å². The SMILES string of the molecule is CN1CCN(Cc2cccc(CNC(=O)Cn3nc4n(c3=O)CCCCC4)c2)CC1. The summed E-state index contributed by atoms with van der Waals surface area (Å²) in [4.78, 5) is 29.7. The zero-order valence-electron chi connectivity index (χ0n) is 17.8. The van der Waals surface area contributed by atoms with Gasteiger partial charge in [-0.1, -0.05) is 30.7 Å². The second-order valence-electron chi connectivity index (χ2n) is 8.49. The smallest absolute Gasteiger partial charge is 0.346 e. The zero-order valence-corrected chi connectivity index (χ0v) is 17.8. The highest BCUT2D eigenvalue weighted by Crippen LogP contribution is 2.11. The summed E-state index contributed by atoms with van der Waals surface area (Å²) < 4.78 is 3.03. The first-order chi connectivity index (χ1) is 14.6. The summed E-state index contributed by atoms with van der Waals surface area (Å²) >= 11 is 0. The van der Waals surface area contributed by atoms with Crippen LogP contribution in [0.3, 0.4) is 0 Å². The number of fused-ring (bicyclic) bond motifs is 1. The summed E-state index contributed by atoms with van der Waals surface area (Å²) in [7, 11) is 2.16. The van der Waals surface area contributed by atoms with Crippen LogP contribution in [0.2, 0.25) is 0 Å². The van der Waals surface area contributed by atoms with Crippen LogP contribution in [0, 0.1) is 0 Å². The van der Waals surface area contributed by atoms with Crippen LogP contribution in [-0.4, -0.2) is 63.3 Å². The van der Waals surface area contributed by atoms with Gasteiger partial charge in [-0.15, -0.1) is 0 Å². The first-order valence-electron chi connectivity index (χ1n) is 11.0. The van der Waals surface area contributed by atoms with E-state index in [0.29, 0.717) is 13.1 Å². The van der Waals surface area contributed by atoms with E-state index in [4.69, 9.17) is 0 Å². The van der Waals surface area contributed by atoms with E-state index in [2.05, 4.69) is 39.4 Å². The lowest BCUT2D eigenvalue weighted by Gasteiger charge is -2.32. The highest BCUT2D eigenvalue weighted by molar-refractivity contribution is 5.75. The average molecular weight is 413 g/mol. The lowest BCUT2D eigenvalue weighted by molar-refractivity contribution is -0.122. The Morgan fingerprint density at radius 1 is 1.07 bits per heavy atom. The molecule has 2 aromatic rings. The Hall–Kier alpha value is -2.45. The molecule has 0 aliphatic carbocycles. The minimum Gasteiger partial charge on any atom is -0.350 e. The van der Waals surface area contributed by atoms with Crippen molar-refractivity contribution in [3.8, 4) is 0 Å². The quantitative estimate of drug-likeness (QED) is 0.761. The van der Waals surface area contributed by atoms with Crippen LogP contribution in [0.15, 0.2) is 29.1 Å². The standard InChI is InChI=1S/C22H32N6O2/c1-25-10-12-26(13-11-25)16-19-7-5-6-18(14-19)15-23-21(29)17-28-22(30)27-9-4-2-3-8-20(27)24-28/h5-7,14H,2-4,8-13,15-17H2,1H3,(H,23,29). The fraction of sp³-hybridized carbons (Fsp3) is 0.591. The molecule has 8 nitrogen and oxygen atoms in total. The van der Waals surface area contributed by atoms with Gasteiger partial charge in [0.05, 0.1) is 0 Å². The molecule has 1 fully saturated rings. The van der Waals surface area contributed by atoms with E-state index in [0.717, 1.165) is 69.8 Å². The molecule has 0 spiro atoms. The molecule has 4 rings (SSSR count). The third-order valence-corrected chi connectivity index (χ3v) is 6.06. The molecule has 30 heavy (non-hydrogen) atoms. The minimum absolute atomic E-state index is 0.0280. The molecule has 2 aliphatic rings. The summed E-state index contributed by atoms with van der Waals surface area (Å²) in [5.41, 5.74) is 2.17. The summed E-state index contributed by atoms with van der Waals surface area (Å²) in [6.07, 6.45) is 3.98. The van der Waals surface area contributed by atoms with Crippen molar-refractivity contribution < 1.29 is 4.79 Å². The molecule has 8 heteroatoms. The van der Waals surface area contributed by atoms with E-state index >= 15 is 0 Å². The van der Waals surface area contributed by atoms with Gasteiger partial charge in [0.1, 0.15) is 12.4 Å². The summed E-state index contributed by atoms with van der Waals surface area (Å²) in [5.74, 6) is 0.622. The Morgan fingerprint density at radius 2 is 1.87 bits per heavy atom. The van der Waals surface area contributed by atoms with Crippen molar-refractivity contribution in [1.29, 1.82) is 0 Å². The maximum atomic E-state index is 12.5. The van der Waals surface area contributed by atoms with Gasteiger partial charge in [0, 0.05) is 52.2 Å². The van der Waals surface area contributed by atoms with Gasteiger partial charge in [-0.3, -0.25) is 14.3 Å². The highest BCUT2D eigenvalue weighted by Gasteiger charge is 2.17. The van der Waals surface area contributed by atoms with Gasteiger partial charge in [-0.25, -0.2) is 9.48 Å². The number of amides is 1. The number of benzene rings is 1. The van der Waals surface area contributed by atoms with Crippen molar-refractivity contribution in [3.63, 3.8) is 0 Å². The summed E-state index contributed by atoms with van der Waals surface area (Å²) in [6.45, 7) is 6.44. The van der Waals surface area contributed by atoms with E-state index in [1.807, 2.05) is 12.1 Å². The molecular weight excluding hydrogens is 380 g/mol. The minimum atomic E-state index is -0.185. The summed E-state index contributed by atoms with van der Waals surface area (Å²) in [6, 6.07) is 8.37. The molecule has 0 saturated carbocycles. The average Bonchev–Trinajstić information content (AvgIpc) is 2.90. The molecule has 0 atom stereocenters. The lowest BCUT2D eigenvalue weighted by Crippen LogP contribution is -2.43. The largest absolute Gasteiger partial charge is 0.350 e. The predicted octanol–water partition coefficient (Wildman–Crippen LogP) is 0.835. The van der Waals surface area contributed by atoms with Crippen LogP contribution in [0.4, 0.5) is 0 Å². The maximum Gasteiger partial charge on any atom is 0.346 e. The Balaban J connectivity index is 1.30. The van der Waals surface area contributed by atoms with Gasteiger partial charge in [0.15, 0.2) is 0 Å². The van der Waals surface area contributed by atoms with Gasteiger partial charge in [-0.2, -0.15) is 5.10 Å². The number of hydrogen-bond acceptors (Lipinski definition) is 5. The van der Waals surface area contributed by atoms with Crippen molar-refractivity contribution in [1.82, 2.24) is 29.5 Å². The van der Waals surface area contributed by atoms with Crippen LogP contribution >= 0.6 is 0 Å². The number of aryl methyl sites for hydroxylation is 1. The molecule has 0 bridgehead atoms. The van der Waals surface area contributed by atoms with Gasteiger partial charge in [-0.05, 0) is 31.0 Å². The molecule has 0 radical (unpaired) electrons. The Morgan fingerprint density at radius 3 is 2.70 bits per heavy atom. The summed E-state index contributed by atoms with van der Waals surface area (Å²) in [5, 5.41) is 7.32. The number of likely N-dealkylation sites (N-methyl/N-ethyl adjacent to an activating group) is 1. The topological polar surface area (TPSA) is 75.4 Å². The molecule has 1 amide bonds. The van der Waals surface area contributed by atoms with Crippen molar-refractivity contribution >= 4 is 5.91 Å². The van der Waals surface area contributed by atoms with E-state index in [1.165, 1.54) is 10.2 Å². The molecule has 1 N–H and O–H groups in total. The van der Waals surface area contributed by atoms with Gasteiger partial charge in [0.25, 0.3) is 0 Å². The number of piperazine rings is 1. The van der Waals surface area contributed by atoms with E-state index in [9.17, 15) is 9.59 Å². The number of carbonyl (C=O) groups excluding carboxylic acids is 1. The fourth-order valence-electron chi connectivity index (χ4n) is 4.22. The van der Waals surface area contributed by atoms with E-state index in [1.54, 1.807) is 4.57 Å². The fourth-order valence-corrected chi connectivity index (χ4v) is 4.22. The molecule has 2 aliphatic heterocycles. The number of nitrogens with zero attached hydrogens (tertiary/aromatic N) is 5. The second kappa shape index (κ2) is 9.57. The van der Waals surface area contributed by atoms with Crippen LogP contribution in [-0.2, 0) is 37.4 Å². The third kappa shape index (κ3) is 5.17. The Bertz CT molecular complexity index is 926. The molecule has 0 unspecified atom stereocenters. The second-order valence-corrected chi connectivity index (χ2v) is 8.49. The number of aromatic nitrogens is 3. The van der Waals surface area contributed by atoms with Crippen LogP contribution in [0.25, 0.3) is 0 Å². The number of carbonyl (C=O) groups is 1. The van der Waals surface area contributed by atoms with Gasteiger partial charge >= 0.3 is 5.69 Å². The highest BCUT2D eigenvalue weighted by atomic mass is 16.2. The third-order valence-electron chi connectivity index (χ3n) is 6.06. The maximum absolute atomic E-state index is 12.5. The normalized spacial score (nSPS) is 18.0. The van der Waals surface area contributed by atoms with E-state index < -0.39 is 0 Å². The Kier molecular flexibility index (Phi) is 6.64. The van der Waals surface area contributed by atoms with Crippen molar-refractivity contribution in [2.45, 2.75) is 51.9 Å². The van der Waals surface area contributed by atoms with Crippen LogP contribution < -0.4 is 11.0 Å². The zero-order chi connectivity index (χ0) is 20.9. The first-order valence-corrected chi connectivity index (χ1v) is 11.0. The predicted molar refractivity (Wildman–Crippen MR) is 115 cm³/mol.